The molecule has 1 aliphatic carbocycles. The van der Waals surface area contributed by atoms with Gasteiger partial charge in [0.2, 0.25) is 0 Å². The zero-order valence-electron chi connectivity index (χ0n) is 15.0. The molecular weight excluding hydrogens is 375 g/mol. The minimum atomic E-state index is -4.67. The Morgan fingerprint density at radius 2 is 2.04 bits per heavy atom. The molecule has 0 aliphatic heterocycles. The standard InChI is InChI=1S/C18H18F3N5O2/c1-26-10-11(8-24-26)17(27)25-12-2-4-13(5-3-12)28-14-6-15(18(19,20)21)16(7-22)23-9-14/h6,8-10,12-13H,2-5H2,1H3,(H,25,27). The second-order valence-electron chi connectivity index (χ2n) is 6.64. The van der Waals surface area contributed by atoms with Crippen LogP contribution in [0.15, 0.2) is 24.7 Å². The fourth-order valence-electron chi connectivity index (χ4n) is 3.14. The number of rotatable bonds is 4. The molecule has 0 aromatic carbocycles. The van der Waals surface area contributed by atoms with E-state index in [1.165, 1.54) is 12.3 Å². The minimum absolute atomic E-state index is 0.0193. The van der Waals surface area contributed by atoms with Gasteiger partial charge in [-0.2, -0.15) is 23.5 Å². The molecule has 0 bridgehead atoms. The zero-order chi connectivity index (χ0) is 20.3. The number of hydrogen-bond acceptors (Lipinski definition) is 5. The summed E-state index contributed by atoms with van der Waals surface area (Å²) in [6.07, 6.45) is 1.75. The number of alkyl halides is 3. The Balaban J connectivity index is 1.56. The number of amides is 1. The summed E-state index contributed by atoms with van der Waals surface area (Å²) in [6.45, 7) is 0. The maximum Gasteiger partial charge on any atom is 0.419 e. The van der Waals surface area contributed by atoms with Gasteiger partial charge in [0.1, 0.15) is 11.8 Å². The van der Waals surface area contributed by atoms with Crippen LogP contribution in [0.2, 0.25) is 0 Å². The Morgan fingerprint density at radius 1 is 1.32 bits per heavy atom. The van der Waals surface area contributed by atoms with Crippen molar-refractivity contribution in [1.29, 1.82) is 5.26 Å². The Kier molecular flexibility index (Phi) is 5.53. The van der Waals surface area contributed by atoms with Gasteiger partial charge in [0.25, 0.3) is 5.91 Å². The molecule has 0 spiro atoms. The third-order valence-electron chi connectivity index (χ3n) is 4.55. The molecule has 1 aliphatic rings. The van der Waals surface area contributed by atoms with Crippen LogP contribution in [-0.2, 0) is 13.2 Å². The summed E-state index contributed by atoms with van der Waals surface area (Å²) in [5.41, 5.74) is -1.31. The number of pyridine rings is 1. The van der Waals surface area contributed by atoms with Crippen LogP contribution >= 0.6 is 0 Å². The molecule has 7 nitrogen and oxygen atoms in total. The van der Waals surface area contributed by atoms with Gasteiger partial charge >= 0.3 is 6.18 Å². The molecule has 0 radical (unpaired) electrons. The van der Waals surface area contributed by atoms with Gasteiger partial charge in [-0.25, -0.2) is 4.98 Å². The minimum Gasteiger partial charge on any atom is -0.489 e. The summed E-state index contributed by atoms with van der Waals surface area (Å²) in [5.74, 6) is -0.224. The molecule has 0 unspecified atom stereocenters. The molecule has 2 aromatic rings. The smallest absolute Gasteiger partial charge is 0.419 e. The van der Waals surface area contributed by atoms with E-state index < -0.39 is 17.4 Å². The van der Waals surface area contributed by atoms with Crippen LogP contribution < -0.4 is 10.1 Å². The second kappa shape index (κ2) is 7.88. The Labute approximate surface area is 159 Å². The van der Waals surface area contributed by atoms with E-state index in [0.717, 1.165) is 12.3 Å². The lowest BCUT2D eigenvalue weighted by atomic mass is 9.92. The Morgan fingerprint density at radius 3 is 2.61 bits per heavy atom. The van der Waals surface area contributed by atoms with Gasteiger partial charge in [0.15, 0.2) is 5.69 Å². The average molecular weight is 393 g/mol. The first-order chi connectivity index (χ1) is 13.3. The van der Waals surface area contributed by atoms with Crippen LogP contribution in [0.25, 0.3) is 0 Å². The molecule has 1 saturated carbocycles. The largest absolute Gasteiger partial charge is 0.489 e. The lowest BCUT2D eigenvalue weighted by Gasteiger charge is -2.29. The van der Waals surface area contributed by atoms with E-state index in [1.807, 2.05) is 0 Å². The van der Waals surface area contributed by atoms with Crippen LogP contribution in [0.1, 0.15) is 47.3 Å². The number of nitrogens with zero attached hydrogens (tertiary/aromatic N) is 4. The zero-order valence-corrected chi connectivity index (χ0v) is 15.0. The predicted octanol–water partition coefficient (Wildman–Crippen LogP) is 2.83. The van der Waals surface area contributed by atoms with Gasteiger partial charge in [-0.3, -0.25) is 9.48 Å². The van der Waals surface area contributed by atoms with E-state index in [4.69, 9.17) is 10.00 Å². The van der Waals surface area contributed by atoms with E-state index in [1.54, 1.807) is 17.9 Å². The fourth-order valence-corrected chi connectivity index (χ4v) is 3.14. The third-order valence-corrected chi connectivity index (χ3v) is 4.55. The number of nitriles is 1. The maximum absolute atomic E-state index is 13.0. The quantitative estimate of drug-likeness (QED) is 0.862. The third kappa shape index (κ3) is 4.60. The fraction of sp³-hybridized carbons (Fsp3) is 0.444. The van der Waals surface area contributed by atoms with Crippen LogP contribution in [0.4, 0.5) is 13.2 Å². The number of ether oxygens (including phenoxy) is 1. The van der Waals surface area contributed by atoms with Crippen molar-refractivity contribution >= 4 is 5.91 Å². The summed E-state index contributed by atoms with van der Waals surface area (Å²) in [6, 6.07) is 2.22. The Bertz CT molecular complexity index is 895. The van der Waals surface area contributed by atoms with Crippen LogP contribution in [0, 0.1) is 11.3 Å². The van der Waals surface area contributed by atoms with Crippen molar-refractivity contribution in [2.24, 2.45) is 7.05 Å². The van der Waals surface area contributed by atoms with Crippen molar-refractivity contribution < 1.29 is 22.7 Å². The van der Waals surface area contributed by atoms with E-state index in [2.05, 4.69) is 15.4 Å². The summed E-state index contributed by atoms with van der Waals surface area (Å²) in [5, 5.41) is 15.7. The molecule has 1 N–H and O–H groups in total. The van der Waals surface area contributed by atoms with Gasteiger partial charge in [0.05, 0.1) is 29.6 Å². The molecule has 28 heavy (non-hydrogen) atoms. The van der Waals surface area contributed by atoms with E-state index in [9.17, 15) is 18.0 Å². The van der Waals surface area contributed by atoms with Crippen molar-refractivity contribution in [3.63, 3.8) is 0 Å². The normalized spacial score (nSPS) is 19.7. The number of carbonyl (C=O) groups is 1. The van der Waals surface area contributed by atoms with E-state index in [0.29, 0.717) is 31.2 Å². The number of nitrogens with one attached hydrogen (secondary N) is 1. The van der Waals surface area contributed by atoms with Crippen molar-refractivity contribution in [1.82, 2.24) is 20.1 Å². The lowest BCUT2D eigenvalue weighted by molar-refractivity contribution is -0.138. The highest BCUT2D eigenvalue weighted by atomic mass is 19.4. The van der Waals surface area contributed by atoms with Crippen molar-refractivity contribution in [3.05, 3.63) is 41.5 Å². The summed E-state index contributed by atoms with van der Waals surface area (Å²) in [4.78, 5) is 15.7. The van der Waals surface area contributed by atoms with E-state index >= 15 is 0 Å². The molecular formula is C18H18F3N5O2. The van der Waals surface area contributed by atoms with Crippen LogP contribution in [0.3, 0.4) is 0 Å². The van der Waals surface area contributed by atoms with Gasteiger partial charge in [-0.05, 0) is 31.7 Å². The van der Waals surface area contributed by atoms with Gasteiger partial charge in [-0.15, -0.1) is 0 Å². The van der Waals surface area contributed by atoms with Crippen molar-refractivity contribution in [2.45, 2.75) is 44.0 Å². The van der Waals surface area contributed by atoms with Gasteiger partial charge in [-0.1, -0.05) is 0 Å². The van der Waals surface area contributed by atoms with E-state index in [-0.39, 0.29) is 23.8 Å². The molecule has 2 heterocycles. The number of hydrogen-bond donors (Lipinski definition) is 1. The average Bonchev–Trinajstić information content (AvgIpc) is 3.09. The first kappa shape index (κ1) is 19.7. The first-order valence-corrected chi connectivity index (χ1v) is 8.69. The number of halogens is 3. The molecule has 10 heteroatoms. The molecule has 1 fully saturated rings. The highest BCUT2D eigenvalue weighted by Crippen LogP contribution is 2.34. The van der Waals surface area contributed by atoms with Crippen molar-refractivity contribution in [2.75, 3.05) is 0 Å². The topological polar surface area (TPSA) is 92.8 Å². The molecule has 3 rings (SSSR count). The van der Waals surface area contributed by atoms with Crippen molar-refractivity contribution in [3.8, 4) is 11.8 Å². The number of aryl methyl sites for hydroxylation is 1. The molecule has 0 saturated heterocycles. The second-order valence-corrected chi connectivity index (χ2v) is 6.64. The summed E-state index contributed by atoms with van der Waals surface area (Å²) >= 11 is 0. The molecule has 0 atom stereocenters. The maximum atomic E-state index is 13.0. The first-order valence-electron chi connectivity index (χ1n) is 8.69. The molecule has 1 amide bonds. The summed E-state index contributed by atoms with van der Waals surface area (Å²) in [7, 11) is 1.72. The van der Waals surface area contributed by atoms with Crippen LogP contribution in [0.5, 0.6) is 5.75 Å². The molecule has 148 valence electrons. The van der Waals surface area contributed by atoms with Gasteiger partial charge in [0, 0.05) is 19.3 Å². The molecule has 2 aromatic heterocycles. The lowest BCUT2D eigenvalue weighted by Crippen LogP contribution is -2.39. The van der Waals surface area contributed by atoms with Gasteiger partial charge < -0.3 is 10.1 Å². The summed E-state index contributed by atoms with van der Waals surface area (Å²) < 4.78 is 46.2. The predicted molar refractivity (Wildman–Crippen MR) is 91.3 cm³/mol. The van der Waals surface area contributed by atoms with Crippen LogP contribution in [-0.4, -0.2) is 32.8 Å². The highest BCUT2D eigenvalue weighted by molar-refractivity contribution is 5.93. The SMILES string of the molecule is Cn1cc(C(=O)NC2CCC(Oc3cnc(C#N)c(C(F)(F)F)c3)CC2)cn1. The number of carbonyl (C=O) groups excluding carboxylic acids is 1. The monoisotopic (exact) mass is 393 g/mol. The Hall–Kier alpha value is -3.09. The number of aromatic nitrogens is 3. The highest BCUT2D eigenvalue weighted by Gasteiger charge is 2.35.